The van der Waals surface area contributed by atoms with Crippen LogP contribution in [0.2, 0.25) is 0 Å². The maximum atomic E-state index is 5.32. The van der Waals surface area contributed by atoms with E-state index >= 15 is 0 Å². The molecule has 0 unspecified atom stereocenters. The predicted molar refractivity (Wildman–Crippen MR) is 104 cm³/mol. The molecule has 0 saturated carbocycles. The Labute approximate surface area is 152 Å². The van der Waals surface area contributed by atoms with Crippen molar-refractivity contribution in [3.63, 3.8) is 0 Å². The van der Waals surface area contributed by atoms with Crippen molar-refractivity contribution >= 4 is 10.8 Å². The highest BCUT2D eigenvalue weighted by Crippen LogP contribution is 2.22. The van der Waals surface area contributed by atoms with E-state index in [1.807, 2.05) is 0 Å². The van der Waals surface area contributed by atoms with Crippen LogP contribution in [0.5, 0.6) is 0 Å². The lowest BCUT2D eigenvalue weighted by Gasteiger charge is -2.28. The molecule has 25 heavy (non-hydrogen) atoms. The van der Waals surface area contributed by atoms with Crippen LogP contribution in [0.3, 0.4) is 0 Å². The number of hydrogen-bond donors (Lipinski definition) is 0. The van der Waals surface area contributed by atoms with Crippen LogP contribution in [-0.2, 0) is 20.6 Å². The molecule has 0 fully saturated rings. The standard InChI is InChI=1S/C22H32O3/c1-23-22(24-2,25-3)18-11-7-5-4-6-8-13-19-15-12-16-20-14-9-10-17-21(19)20/h9-10,12,14-17H,4-8,11,13,18H2,1-3H3. The van der Waals surface area contributed by atoms with Gasteiger partial charge in [0.1, 0.15) is 0 Å². The molecule has 0 N–H and O–H groups in total. The summed E-state index contributed by atoms with van der Waals surface area (Å²) < 4.78 is 16.0. The molecule has 0 aromatic heterocycles. The molecule has 0 aliphatic rings. The van der Waals surface area contributed by atoms with Crippen LogP contribution < -0.4 is 0 Å². The lowest BCUT2D eigenvalue weighted by Crippen LogP contribution is -2.35. The zero-order chi connectivity index (χ0) is 18.0. The van der Waals surface area contributed by atoms with Gasteiger partial charge in [0.15, 0.2) is 0 Å². The lowest BCUT2D eigenvalue weighted by molar-refractivity contribution is -0.355. The van der Waals surface area contributed by atoms with Gasteiger partial charge in [-0.3, -0.25) is 0 Å². The molecule has 0 bridgehead atoms. The topological polar surface area (TPSA) is 27.7 Å². The van der Waals surface area contributed by atoms with Gasteiger partial charge < -0.3 is 14.2 Å². The minimum absolute atomic E-state index is 0.770. The number of ether oxygens (including phenoxy) is 3. The van der Waals surface area contributed by atoms with Crippen molar-refractivity contribution < 1.29 is 14.2 Å². The van der Waals surface area contributed by atoms with Crippen molar-refractivity contribution in [1.29, 1.82) is 0 Å². The van der Waals surface area contributed by atoms with Gasteiger partial charge in [-0.25, -0.2) is 0 Å². The first kappa shape index (κ1) is 19.9. The molecule has 0 aliphatic heterocycles. The van der Waals surface area contributed by atoms with Crippen LogP contribution in [0.4, 0.5) is 0 Å². The summed E-state index contributed by atoms with van der Waals surface area (Å²) in [5.74, 6) is -0.867. The van der Waals surface area contributed by atoms with E-state index in [9.17, 15) is 0 Å². The van der Waals surface area contributed by atoms with E-state index in [0.29, 0.717) is 0 Å². The smallest absolute Gasteiger partial charge is 0.282 e. The highest BCUT2D eigenvalue weighted by atomic mass is 16.9. The maximum Gasteiger partial charge on any atom is 0.282 e. The third kappa shape index (κ3) is 5.81. The van der Waals surface area contributed by atoms with Gasteiger partial charge in [-0.05, 0) is 35.6 Å². The van der Waals surface area contributed by atoms with Crippen molar-refractivity contribution in [2.24, 2.45) is 0 Å². The van der Waals surface area contributed by atoms with Gasteiger partial charge in [0.2, 0.25) is 0 Å². The number of aryl methyl sites for hydroxylation is 1. The number of unbranched alkanes of at least 4 members (excludes halogenated alkanes) is 5. The Hall–Kier alpha value is -1.42. The number of rotatable bonds is 12. The van der Waals surface area contributed by atoms with Crippen LogP contribution in [0.15, 0.2) is 42.5 Å². The monoisotopic (exact) mass is 344 g/mol. The van der Waals surface area contributed by atoms with Gasteiger partial charge in [-0.15, -0.1) is 0 Å². The van der Waals surface area contributed by atoms with Gasteiger partial charge in [0.25, 0.3) is 5.97 Å². The maximum absolute atomic E-state index is 5.32. The molecule has 0 radical (unpaired) electrons. The van der Waals surface area contributed by atoms with Crippen molar-refractivity contribution in [2.45, 2.75) is 57.3 Å². The average Bonchev–Trinajstić information content (AvgIpc) is 2.67. The summed E-state index contributed by atoms with van der Waals surface area (Å²) in [6, 6.07) is 15.3. The fourth-order valence-electron chi connectivity index (χ4n) is 3.43. The summed E-state index contributed by atoms with van der Waals surface area (Å²) in [5.41, 5.74) is 1.48. The third-order valence-corrected chi connectivity index (χ3v) is 4.99. The van der Waals surface area contributed by atoms with Crippen molar-refractivity contribution in [1.82, 2.24) is 0 Å². The van der Waals surface area contributed by atoms with Crippen LogP contribution in [0, 0.1) is 0 Å². The molecule has 0 aliphatic carbocycles. The second kappa shape index (κ2) is 10.5. The van der Waals surface area contributed by atoms with Gasteiger partial charge in [0, 0.05) is 27.8 Å². The Bertz CT molecular complexity index is 606. The minimum Gasteiger partial charge on any atom is -0.331 e. The molecule has 0 saturated heterocycles. The molecule has 3 heteroatoms. The van der Waals surface area contributed by atoms with Crippen LogP contribution in [0.1, 0.15) is 50.5 Å². The van der Waals surface area contributed by atoms with E-state index in [1.165, 1.54) is 54.9 Å². The Kier molecular flexibility index (Phi) is 8.39. The van der Waals surface area contributed by atoms with Crippen LogP contribution >= 0.6 is 0 Å². The molecule has 0 atom stereocenters. The summed E-state index contributed by atoms with van der Waals surface area (Å²) in [6.45, 7) is 0. The quantitative estimate of drug-likeness (QED) is 0.365. The Balaban J connectivity index is 1.62. The summed E-state index contributed by atoms with van der Waals surface area (Å²) in [4.78, 5) is 0. The molecular weight excluding hydrogens is 312 g/mol. The number of hydrogen-bond acceptors (Lipinski definition) is 3. The summed E-state index contributed by atoms with van der Waals surface area (Å²) in [6.07, 6.45) is 9.26. The normalized spacial score (nSPS) is 12.0. The first-order valence-corrected chi connectivity index (χ1v) is 9.37. The van der Waals surface area contributed by atoms with Gasteiger partial charge in [0.05, 0.1) is 0 Å². The second-order valence-electron chi connectivity index (χ2n) is 6.55. The SMILES string of the molecule is COC(CCCCCCCCc1cccc2ccccc12)(OC)OC. The van der Waals surface area contributed by atoms with Gasteiger partial charge in [-0.2, -0.15) is 0 Å². The van der Waals surface area contributed by atoms with Gasteiger partial charge >= 0.3 is 0 Å². The van der Waals surface area contributed by atoms with Gasteiger partial charge in [-0.1, -0.05) is 68.1 Å². The zero-order valence-electron chi connectivity index (χ0n) is 15.9. The third-order valence-electron chi connectivity index (χ3n) is 4.99. The van der Waals surface area contributed by atoms with E-state index in [2.05, 4.69) is 42.5 Å². The van der Waals surface area contributed by atoms with Crippen molar-refractivity contribution in [3.8, 4) is 0 Å². The van der Waals surface area contributed by atoms with Crippen molar-refractivity contribution in [2.75, 3.05) is 21.3 Å². The fourth-order valence-corrected chi connectivity index (χ4v) is 3.43. The van der Waals surface area contributed by atoms with E-state index in [-0.39, 0.29) is 0 Å². The fraction of sp³-hybridized carbons (Fsp3) is 0.545. The molecule has 0 amide bonds. The summed E-state index contributed by atoms with van der Waals surface area (Å²) in [7, 11) is 4.88. The number of benzene rings is 2. The highest BCUT2D eigenvalue weighted by molar-refractivity contribution is 5.85. The molecule has 2 aromatic carbocycles. The molecule has 0 spiro atoms. The first-order chi connectivity index (χ1) is 12.2. The Morgan fingerprint density at radius 3 is 2.00 bits per heavy atom. The average molecular weight is 344 g/mol. The molecular formula is C22H32O3. The largest absolute Gasteiger partial charge is 0.331 e. The lowest BCUT2D eigenvalue weighted by atomic mass is 9.99. The molecule has 138 valence electrons. The molecule has 2 rings (SSSR count). The minimum atomic E-state index is -0.867. The molecule has 2 aromatic rings. The van der Waals surface area contributed by atoms with Crippen molar-refractivity contribution in [3.05, 3.63) is 48.0 Å². The Morgan fingerprint density at radius 2 is 1.28 bits per heavy atom. The van der Waals surface area contributed by atoms with E-state index in [1.54, 1.807) is 21.3 Å². The van der Waals surface area contributed by atoms with E-state index in [4.69, 9.17) is 14.2 Å². The highest BCUT2D eigenvalue weighted by Gasteiger charge is 2.28. The van der Waals surface area contributed by atoms with E-state index in [0.717, 1.165) is 12.8 Å². The summed E-state index contributed by atoms with van der Waals surface area (Å²) >= 11 is 0. The Morgan fingerprint density at radius 1 is 0.680 bits per heavy atom. The molecule has 0 heterocycles. The predicted octanol–water partition coefficient (Wildman–Crippen LogP) is 5.71. The number of fused-ring (bicyclic) bond motifs is 1. The second-order valence-corrected chi connectivity index (χ2v) is 6.55. The number of methoxy groups -OCH3 is 3. The molecule has 3 nitrogen and oxygen atoms in total. The van der Waals surface area contributed by atoms with E-state index < -0.39 is 5.97 Å². The summed E-state index contributed by atoms with van der Waals surface area (Å²) in [5, 5.41) is 2.75. The zero-order valence-corrected chi connectivity index (χ0v) is 15.9. The van der Waals surface area contributed by atoms with Crippen LogP contribution in [-0.4, -0.2) is 27.3 Å². The first-order valence-electron chi connectivity index (χ1n) is 9.37. The van der Waals surface area contributed by atoms with Crippen LogP contribution in [0.25, 0.3) is 10.8 Å².